The van der Waals surface area contributed by atoms with Crippen molar-refractivity contribution in [2.24, 2.45) is 5.73 Å². The standard InChI is InChI=1S/C14H18BrN3O3.ClH/c15-11-6-10(7-12(8-11)18(20)21)13(19)17-9-14(16)4-2-1-3-5-14;/h6-8H,1-5,9,16H2,(H,17,19);1H. The van der Waals surface area contributed by atoms with Crippen LogP contribution in [0.5, 0.6) is 0 Å². The number of rotatable bonds is 4. The van der Waals surface area contributed by atoms with E-state index in [9.17, 15) is 14.9 Å². The number of halogens is 2. The molecule has 0 bridgehead atoms. The second-order valence-electron chi connectivity index (χ2n) is 5.56. The third-order valence-corrected chi connectivity index (χ3v) is 4.26. The van der Waals surface area contributed by atoms with Crippen molar-refractivity contribution in [3.63, 3.8) is 0 Å². The van der Waals surface area contributed by atoms with Gasteiger partial charge in [0.15, 0.2) is 0 Å². The third-order valence-electron chi connectivity index (χ3n) is 3.81. The molecule has 2 rings (SSSR count). The van der Waals surface area contributed by atoms with Crippen LogP contribution in [0.2, 0.25) is 0 Å². The zero-order valence-electron chi connectivity index (χ0n) is 12.0. The van der Waals surface area contributed by atoms with Gasteiger partial charge in [0, 0.05) is 34.3 Å². The first-order valence-corrected chi connectivity index (χ1v) is 7.71. The lowest BCUT2D eigenvalue weighted by molar-refractivity contribution is -0.385. The molecule has 0 aliphatic heterocycles. The van der Waals surface area contributed by atoms with Gasteiger partial charge in [0.2, 0.25) is 0 Å². The number of hydrogen-bond donors (Lipinski definition) is 2. The zero-order chi connectivity index (χ0) is 15.5. The number of hydrogen-bond acceptors (Lipinski definition) is 4. The van der Waals surface area contributed by atoms with Crippen molar-refractivity contribution in [3.8, 4) is 0 Å². The number of carbonyl (C=O) groups excluding carboxylic acids is 1. The van der Waals surface area contributed by atoms with Crippen LogP contribution in [0.3, 0.4) is 0 Å². The molecule has 22 heavy (non-hydrogen) atoms. The summed E-state index contributed by atoms with van der Waals surface area (Å²) >= 11 is 3.18. The largest absolute Gasteiger partial charge is 0.350 e. The topological polar surface area (TPSA) is 98.3 Å². The maximum Gasteiger partial charge on any atom is 0.271 e. The second kappa shape index (κ2) is 7.89. The van der Waals surface area contributed by atoms with Crippen LogP contribution in [0.4, 0.5) is 5.69 Å². The summed E-state index contributed by atoms with van der Waals surface area (Å²) in [5.74, 6) is -0.338. The van der Waals surface area contributed by atoms with Gasteiger partial charge in [-0.1, -0.05) is 35.2 Å². The van der Waals surface area contributed by atoms with Crippen molar-refractivity contribution in [3.05, 3.63) is 38.3 Å². The monoisotopic (exact) mass is 391 g/mol. The maximum atomic E-state index is 12.1. The van der Waals surface area contributed by atoms with E-state index < -0.39 is 4.92 Å². The van der Waals surface area contributed by atoms with Crippen LogP contribution >= 0.6 is 28.3 Å². The van der Waals surface area contributed by atoms with Crippen LogP contribution in [0.25, 0.3) is 0 Å². The van der Waals surface area contributed by atoms with Crippen LogP contribution < -0.4 is 11.1 Å². The highest BCUT2D eigenvalue weighted by Crippen LogP contribution is 2.25. The Morgan fingerprint density at radius 2 is 1.95 bits per heavy atom. The molecule has 122 valence electrons. The summed E-state index contributed by atoms with van der Waals surface area (Å²) < 4.78 is 0.502. The van der Waals surface area contributed by atoms with Crippen LogP contribution in [0.15, 0.2) is 22.7 Å². The molecular weight excluding hydrogens is 374 g/mol. The molecule has 0 unspecified atom stereocenters. The fourth-order valence-corrected chi connectivity index (χ4v) is 3.08. The van der Waals surface area contributed by atoms with E-state index in [1.807, 2.05) is 0 Å². The Hall–Kier alpha value is -1.18. The van der Waals surface area contributed by atoms with E-state index in [1.165, 1.54) is 18.6 Å². The summed E-state index contributed by atoms with van der Waals surface area (Å²) in [5, 5.41) is 13.6. The normalized spacial score (nSPS) is 16.5. The molecule has 8 heteroatoms. The SMILES string of the molecule is Cl.NC1(CNC(=O)c2cc(Br)cc([N+](=O)[O-])c2)CCCCC1. The van der Waals surface area contributed by atoms with E-state index in [4.69, 9.17) is 5.73 Å². The van der Waals surface area contributed by atoms with Crippen molar-refractivity contribution in [2.45, 2.75) is 37.6 Å². The minimum absolute atomic E-state index is 0. The Morgan fingerprint density at radius 1 is 1.32 bits per heavy atom. The fraction of sp³-hybridized carbons (Fsp3) is 0.500. The number of nitrogens with one attached hydrogen (secondary N) is 1. The minimum Gasteiger partial charge on any atom is -0.350 e. The van der Waals surface area contributed by atoms with Crippen LogP contribution in [0.1, 0.15) is 42.5 Å². The van der Waals surface area contributed by atoms with Crippen molar-refractivity contribution in [1.82, 2.24) is 5.32 Å². The number of nitro groups is 1. The number of nitro benzene ring substituents is 1. The second-order valence-corrected chi connectivity index (χ2v) is 6.48. The number of nitrogens with two attached hydrogens (primary N) is 1. The summed E-state index contributed by atoms with van der Waals surface area (Å²) in [6, 6.07) is 4.19. The average Bonchev–Trinajstić information content (AvgIpc) is 2.45. The van der Waals surface area contributed by atoms with E-state index in [0.717, 1.165) is 25.7 Å². The highest BCUT2D eigenvalue weighted by atomic mass is 79.9. The van der Waals surface area contributed by atoms with Crippen LogP contribution in [0, 0.1) is 10.1 Å². The Balaban J connectivity index is 0.00000242. The highest BCUT2D eigenvalue weighted by Gasteiger charge is 2.28. The first-order valence-electron chi connectivity index (χ1n) is 6.92. The Kier molecular flexibility index (Phi) is 6.77. The van der Waals surface area contributed by atoms with Gasteiger partial charge in [-0.25, -0.2) is 0 Å². The Labute approximate surface area is 143 Å². The number of carbonyl (C=O) groups is 1. The molecule has 1 amide bonds. The summed E-state index contributed by atoms with van der Waals surface area (Å²) in [6.07, 6.45) is 5.13. The molecule has 1 aliphatic rings. The third kappa shape index (κ3) is 4.93. The van der Waals surface area contributed by atoms with Crippen molar-refractivity contribution in [1.29, 1.82) is 0 Å². The molecule has 1 aromatic rings. The van der Waals surface area contributed by atoms with E-state index in [-0.39, 0.29) is 35.1 Å². The van der Waals surface area contributed by atoms with Gasteiger partial charge in [-0.3, -0.25) is 14.9 Å². The lowest BCUT2D eigenvalue weighted by Crippen LogP contribution is -2.51. The molecule has 1 fully saturated rings. The predicted molar refractivity (Wildman–Crippen MR) is 90.4 cm³/mol. The van der Waals surface area contributed by atoms with Gasteiger partial charge in [0.1, 0.15) is 0 Å². The molecular formula is C14H19BrClN3O3. The maximum absolute atomic E-state index is 12.1. The molecule has 1 saturated carbocycles. The molecule has 6 nitrogen and oxygen atoms in total. The van der Waals surface area contributed by atoms with E-state index >= 15 is 0 Å². The van der Waals surface area contributed by atoms with E-state index in [1.54, 1.807) is 6.07 Å². The smallest absolute Gasteiger partial charge is 0.271 e. The van der Waals surface area contributed by atoms with Gasteiger partial charge in [-0.05, 0) is 18.9 Å². The molecule has 0 spiro atoms. The van der Waals surface area contributed by atoms with Gasteiger partial charge < -0.3 is 11.1 Å². The summed E-state index contributed by atoms with van der Waals surface area (Å²) in [5.41, 5.74) is 6.05. The van der Waals surface area contributed by atoms with Gasteiger partial charge in [0.05, 0.1) is 4.92 Å². The van der Waals surface area contributed by atoms with Gasteiger partial charge in [0.25, 0.3) is 11.6 Å². The molecule has 1 aliphatic carbocycles. The van der Waals surface area contributed by atoms with Crippen LogP contribution in [-0.4, -0.2) is 22.9 Å². The molecule has 0 aromatic heterocycles. The Bertz CT molecular complexity index is 562. The fourth-order valence-electron chi connectivity index (χ4n) is 2.60. The number of amides is 1. The average molecular weight is 393 g/mol. The zero-order valence-corrected chi connectivity index (χ0v) is 14.4. The number of non-ortho nitro benzene ring substituents is 1. The summed E-state index contributed by atoms with van der Waals surface area (Å²) in [6.45, 7) is 0.395. The minimum atomic E-state index is -0.521. The lowest BCUT2D eigenvalue weighted by atomic mass is 9.82. The van der Waals surface area contributed by atoms with Gasteiger partial charge >= 0.3 is 0 Å². The molecule has 0 heterocycles. The summed E-state index contributed by atoms with van der Waals surface area (Å²) in [4.78, 5) is 22.4. The highest BCUT2D eigenvalue weighted by molar-refractivity contribution is 9.10. The first-order chi connectivity index (χ1) is 9.89. The molecule has 1 aromatic carbocycles. The molecule has 3 N–H and O–H groups in total. The van der Waals surface area contributed by atoms with Crippen molar-refractivity contribution in [2.75, 3.05) is 6.54 Å². The van der Waals surface area contributed by atoms with E-state index in [0.29, 0.717) is 11.0 Å². The lowest BCUT2D eigenvalue weighted by Gasteiger charge is -2.33. The molecule has 0 radical (unpaired) electrons. The number of nitrogens with zero attached hydrogens (tertiary/aromatic N) is 1. The van der Waals surface area contributed by atoms with Crippen molar-refractivity contribution >= 4 is 39.9 Å². The van der Waals surface area contributed by atoms with Crippen molar-refractivity contribution < 1.29 is 9.72 Å². The first kappa shape index (κ1) is 18.9. The van der Waals surface area contributed by atoms with E-state index in [2.05, 4.69) is 21.2 Å². The van der Waals surface area contributed by atoms with Crippen LogP contribution in [-0.2, 0) is 0 Å². The number of benzene rings is 1. The summed E-state index contributed by atoms with van der Waals surface area (Å²) in [7, 11) is 0. The Morgan fingerprint density at radius 3 is 2.55 bits per heavy atom. The predicted octanol–water partition coefficient (Wildman–Crippen LogP) is 3.17. The van der Waals surface area contributed by atoms with Gasteiger partial charge in [-0.15, -0.1) is 12.4 Å². The molecule has 0 atom stereocenters. The quantitative estimate of drug-likeness (QED) is 0.607. The van der Waals surface area contributed by atoms with Gasteiger partial charge in [-0.2, -0.15) is 0 Å². The molecule has 0 saturated heterocycles.